The molecular formula is C19H38OSi4. The lowest BCUT2D eigenvalue weighted by Gasteiger charge is -2.55. The minimum Gasteiger partial charge on any atom is -0.301 e. The van der Waals surface area contributed by atoms with Crippen molar-refractivity contribution >= 4 is 34.8 Å². The maximum Gasteiger partial charge on any atom is 0.133 e. The highest BCUT2D eigenvalue weighted by molar-refractivity contribution is 7.97. The highest BCUT2D eigenvalue weighted by Gasteiger charge is 2.66. The molecule has 0 aromatic heterocycles. The number of carbonyl (C=O) groups is 1. The van der Waals surface area contributed by atoms with Gasteiger partial charge in [-0.05, 0) is 31.9 Å². The normalized spacial score (nSPS) is 14.0. The predicted molar refractivity (Wildman–Crippen MR) is 121 cm³/mol. The van der Waals surface area contributed by atoms with Crippen LogP contribution in [0.5, 0.6) is 0 Å². The molecule has 24 heavy (non-hydrogen) atoms. The van der Waals surface area contributed by atoms with Gasteiger partial charge in [0.1, 0.15) is 12.0 Å². The molecule has 0 aliphatic carbocycles. The fourth-order valence-corrected chi connectivity index (χ4v) is 104. The van der Waals surface area contributed by atoms with Crippen molar-refractivity contribution in [2.75, 3.05) is 0 Å². The van der Waals surface area contributed by atoms with Gasteiger partial charge in [-0.15, -0.1) is 0 Å². The number of aryl methyl sites for hydroxylation is 3. The van der Waals surface area contributed by atoms with Crippen molar-refractivity contribution in [2.24, 2.45) is 0 Å². The molecule has 0 saturated heterocycles. The highest BCUT2D eigenvalue weighted by Crippen LogP contribution is 2.40. The standard InChI is InChI=1S/C19H38OSi4/c1-15-13-16(2)18(17(3)14-15)19(20)24(21(4,5)6,22(7,8)9)23(10,11)12/h13-14H,1-12H3. The molecule has 1 aromatic rings. The molecule has 0 heterocycles. The summed E-state index contributed by atoms with van der Waals surface area (Å²) in [6, 6.07) is 4.41. The molecule has 0 radical (unpaired) electrons. The third-order valence-corrected chi connectivity index (χ3v) is 76.1. The van der Waals surface area contributed by atoms with Gasteiger partial charge < -0.3 is 4.79 Å². The van der Waals surface area contributed by atoms with Crippen LogP contribution in [0.25, 0.3) is 0 Å². The Kier molecular flexibility index (Phi) is 5.89. The zero-order chi connectivity index (χ0) is 19.3. The van der Waals surface area contributed by atoms with Gasteiger partial charge in [-0.3, -0.25) is 0 Å². The van der Waals surface area contributed by atoms with Gasteiger partial charge in [0.2, 0.25) is 0 Å². The van der Waals surface area contributed by atoms with E-state index in [1.54, 1.807) is 0 Å². The van der Waals surface area contributed by atoms with Gasteiger partial charge in [0, 0.05) is 28.3 Å². The molecule has 1 rings (SSSR count). The first-order valence-corrected chi connectivity index (χ1v) is 24.6. The predicted octanol–water partition coefficient (Wildman–Crippen LogP) is 6.03. The van der Waals surface area contributed by atoms with Crippen LogP contribution in [0.2, 0.25) is 58.9 Å². The van der Waals surface area contributed by atoms with E-state index in [0.717, 1.165) is 5.56 Å². The molecule has 0 fully saturated rings. The van der Waals surface area contributed by atoms with E-state index in [1.807, 2.05) is 0 Å². The molecule has 1 nitrogen and oxygen atoms in total. The lowest BCUT2D eigenvalue weighted by molar-refractivity contribution is 0.107. The van der Waals surface area contributed by atoms with Gasteiger partial charge in [0.15, 0.2) is 0 Å². The fraction of sp³-hybridized carbons (Fsp3) is 0.632. The van der Waals surface area contributed by atoms with Gasteiger partial charge >= 0.3 is 0 Å². The quantitative estimate of drug-likeness (QED) is 0.557. The number of hydrogen-bond donors (Lipinski definition) is 0. The smallest absolute Gasteiger partial charge is 0.133 e. The molecule has 0 atom stereocenters. The maximum absolute atomic E-state index is 14.3. The summed E-state index contributed by atoms with van der Waals surface area (Å²) >= 11 is 0. The van der Waals surface area contributed by atoms with E-state index >= 15 is 0 Å². The fourth-order valence-electron chi connectivity index (χ4n) is 6.12. The van der Waals surface area contributed by atoms with Gasteiger partial charge in [0.25, 0.3) is 0 Å². The third kappa shape index (κ3) is 3.37. The van der Waals surface area contributed by atoms with E-state index in [-0.39, 0.29) is 0 Å². The van der Waals surface area contributed by atoms with Crippen LogP contribution in [0.4, 0.5) is 0 Å². The van der Waals surface area contributed by atoms with Gasteiger partial charge in [-0.25, -0.2) is 0 Å². The summed E-state index contributed by atoms with van der Waals surface area (Å²) in [5, 5.41) is 0.620. The van der Waals surface area contributed by atoms with Crippen LogP contribution >= 0.6 is 0 Å². The van der Waals surface area contributed by atoms with Crippen LogP contribution < -0.4 is 0 Å². The summed E-state index contributed by atoms with van der Waals surface area (Å²) in [6.45, 7) is 26.8. The van der Waals surface area contributed by atoms with Crippen molar-refractivity contribution in [3.05, 3.63) is 34.4 Å². The maximum atomic E-state index is 14.3. The van der Waals surface area contributed by atoms with E-state index in [4.69, 9.17) is 0 Å². The van der Waals surface area contributed by atoms with E-state index in [1.165, 1.54) is 16.7 Å². The monoisotopic (exact) mass is 394 g/mol. The van der Waals surface area contributed by atoms with Gasteiger partial charge in [0.05, 0.1) is 0 Å². The molecule has 0 saturated carbocycles. The Balaban J connectivity index is 3.92. The summed E-state index contributed by atoms with van der Waals surface area (Å²) < 4.78 is 0. The second-order valence-electron chi connectivity index (χ2n) is 10.6. The third-order valence-electron chi connectivity index (χ3n) is 5.62. The summed E-state index contributed by atoms with van der Waals surface area (Å²) in [6.07, 6.45) is 0. The van der Waals surface area contributed by atoms with E-state index in [9.17, 15) is 4.79 Å². The lowest BCUT2D eigenvalue weighted by Crippen LogP contribution is -2.86. The van der Waals surface area contributed by atoms with Crippen molar-refractivity contribution in [1.82, 2.24) is 0 Å². The molecule has 0 N–H and O–H groups in total. The number of carbonyl (C=O) groups excluding carboxylic acids is 1. The van der Waals surface area contributed by atoms with Crippen LogP contribution in [-0.4, -0.2) is 34.8 Å². The van der Waals surface area contributed by atoms with Crippen LogP contribution in [0.15, 0.2) is 12.1 Å². The minimum atomic E-state index is -2.05. The Morgan fingerprint density at radius 2 is 0.958 bits per heavy atom. The van der Waals surface area contributed by atoms with Crippen molar-refractivity contribution in [2.45, 2.75) is 79.7 Å². The Labute approximate surface area is 153 Å². The van der Waals surface area contributed by atoms with Crippen LogP contribution in [0, 0.1) is 20.8 Å². The first-order valence-electron chi connectivity index (χ1n) is 9.11. The summed E-state index contributed by atoms with van der Waals surface area (Å²) in [5.41, 5.74) is 4.75. The topological polar surface area (TPSA) is 17.1 Å². The zero-order valence-electron chi connectivity index (χ0n) is 18.1. The Morgan fingerprint density at radius 1 is 0.667 bits per heavy atom. The van der Waals surface area contributed by atoms with E-state index in [2.05, 4.69) is 91.8 Å². The molecule has 0 spiro atoms. The van der Waals surface area contributed by atoms with E-state index < -0.39 is 29.4 Å². The SMILES string of the molecule is Cc1cc(C)c(C(=O)[Si]([Si](C)(C)C)([Si](C)(C)C)[Si](C)(C)C)c(C)c1. The van der Waals surface area contributed by atoms with Crippen molar-refractivity contribution in [3.63, 3.8) is 0 Å². The van der Waals surface area contributed by atoms with Crippen molar-refractivity contribution in [3.8, 4) is 0 Å². The Hall–Kier alpha value is -0.242. The minimum absolute atomic E-state index is 0.620. The summed E-state index contributed by atoms with van der Waals surface area (Å²) in [7, 11) is -4.80. The van der Waals surface area contributed by atoms with Crippen LogP contribution in [0.3, 0.4) is 0 Å². The average Bonchev–Trinajstić information content (AvgIpc) is 2.20. The summed E-state index contributed by atoms with van der Waals surface area (Å²) in [5.74, 6) is 0. The largest absolute Gasteiger partial charge is 0.301 e. The first kappa shape index (κ1) is 21.8. The molecular weight excluding hydrogens is 357 g/mol. The molecule has 0 bridgehead atoms. The van der Waals surface area contributed by atoms with Crippen LogP contribution in [0.1, 0.15) is 27.0 Å². The molecule has 0 amide bonds. The van der Waals surface area contributed by atoms with E-state index in [0.29, 0.717) is 5.41 Å². The first-order chi connectivity index (χ1) is 10.5. The van der Waals surface area contributed by atoms with Crippen molar-refractivity contribution in [1.29, 1.82) is 0 Å². The molecule has 0 unspecified atom stereocenters. The highest BCUT2D eigenvalue weighted by atomic mass is 29.9. The average molecular weight is 395 g/mol. The molecule has 1 aromatic carbocycles. The molecule has 0 aliphatic heterocycles. The number of rotatable bonds is 5. The number of benzene rings is 1. The molecule has 5 heteroatoms. The second kappa shape index (κ2) is 6.49. The van der Waals surface area contributed by atoms with Crippen molar-refractivity contribution < 1.29 is 4.79 Å². The second-order valence-corrected chi connectivity index (χ2v) is 50.8. The molecule has 0 aliphatic rings. The van der Waals surface area contributed by atoms with Crippen LogP contribution in [-0.2, 0) is 0 Å². The lowest BCUT2D eigenvalue weighted by atomic mass is 10.0. The number of hydrogen-bond acceptors (Lipinski definition) is 1. The Bertz CT molecular complexity index is 584. The van der Waals surface area contributed by atoms with Gasteiger partial charge in [-0.1, -0.05) is 76.6 Å². The Morgan fingerprint density at radius 3 is 1.21 bits per heavy atom. The summed E-state index contributed by atoms with van der Waals surface area (Å²) in [4.78, 5) is 14.3. The van der Waals surface area contributed by atoms with Gasteiger partial charge in [-0.2, -0.15) is 0 Å². The zero-order valence-corrected chi connectivity index (χ0v) is 22.1. The molecule has 136 valence electrons.